The molecule has 2 aliphatic rings. The van der Waals surface area contributed by atoms with Gasteiger partial charge in [0.15, 0.2) is 0 Å². The Morgan fingerprint density at radius 1 is 1.19 bits per heavy atom. The van der Waals surface area contributed by atoms with Gasteiger partial charge >= 0.3 is 0 Å². The molecule has 0 unspecified atom stereocenters. The summed E-state index contributed by atoms with van der Waals surface area (Å²) in [6.45, 7) is 2.15. The van der Waals surface area contributed by atoms with Crippen LogP contribution >= 0.6 is 11.8 Å². The maximum absolute atomic E-state index is 13.0. The number of amides is 2. The second-order valence-corrected chi connectivity index (χ2v) is 8.47. The third-order valence-electron chi connectivity index (χ3n) is 5.41. The van der Waals surface area contributed by atoms with E-state index in [-0.39, 0.29) is 11.8 Å². The number of carbonyl (C=O) groups is 2. The van der Waals surface area contributed by atoms with E-state index in [2.05, 4.69) is 36.5 Å². The molecule has 2 atom stereocenters. The molecule has 2 aromatic carbocycles. The first-order valence-corrected chi connectivity index (χ1v) is 10.5. The second-order valence-electron chi connectivity index (χ2n) is 7.18. The third-order valence-corrected chi connectivity index (χ3v) is 7.01. The van der Waals surface area contributed by atoms with Crippen molar-refractivity contribution in [3.63, 3.8) is 0 Å². The number of benzene rings is 2. The fourth-order valence-corrected chi connectivity index (χ4v) is 5.76. The van der Waals surface area contributed by atoms with Crippen molar-refractivity contribution in [1.82, 2.24) is 4.90 Å². The lowest BCUT2D eigenvalue weighted by atomic mass is 10.0. The Hall–Kier alpha value is -2.27. The lowest BCUT2D eigenvalue weighted by Gasteiger charge is -2.34. The predicted molar refractivity (Wildman–Crippen MR) is 110 cm³/mol. The van der Waals surface area contributed by atoms with Crippen molar-refractivity contribution in [1.29, 1.82) is 0 Å². The monoisotopic (exact) mass is 380 g/mol. The van der Waals surface area contributed by atoms with E-state index >= 15 is 0 Å². The van der Waals surface area contributed by atoms with E-state index in [1.807, 2.05) is 35.2 Å². The van der Waals surface area contributed by atoms with Crippen LogP contribution in [0.25, 0.3) is 0 Å². The molecule has 140 valence electrons. The van der Waals surface area contributed by atoms with Gasteiger partial charge in [-0.15, -0.1) is 11.8 Å². The fourth-order valence-electron chi connectivity index (χ4n) is 4.10. The third kappa shape index (κ3) is 3.25. The van der Waals surface area contributed by atoms with E-state index in [0.717, 1.165) is 30.5 Å². The van der Waals surface area contributed by atoms with Gasteiger partial charge in [-0.2, -0.15) is 0 Å². The van der Waals surface area contributed by atoms with Crippen LogP contribution in [0.4, 0.5) is 5.69 Å². The number of nitrogens with one attached hydrogen (secondary N) is 1. The largest absolute Gasteiger partial charge is 0.324 e. The highest BCUT2D eigenvalue weighted by Crippen LogP contribution is 2.54. The van der Waals surface area contributed by atoms with Gasteiger partial charge < -0.3 is 10.2 Å². The van der Waals surface area contributed by atoms with Crippen molar-refractivity contribution in [3.05, 3.63) is 65.7 Å². The van der Waals surface area contributed by atoms with E-state index in [9.17, 15) is 9.59 Å². The van der Waals surface area contributed by atoms with E-state index < -0.39 is 10.9 Å². The van der Waals surface area contributed by atoms with Crippen molar-refractivity contribution < 1.29 is 9.59 Å². The van der Waals surface area contributed by atoms with Crippen LogP contribution in [0.2, 0.25) is 0 Å². The van der Waals surface area contributed by atoms with Gasteiger partial charge in [0.1, 0.15) is 10.9 Å². The Morgan fingerprint density at radius 3 is 2.63 bits per heavy atom. The lowest BCUT2D eigenvalue weighted by molar-refractivity contribution is -0.136. The highest BCUT2D eigenvalue weighted by Gasteiger charge is 2.56. The summed E-state index contributed by atoms with van der Waals surface area (Å²) < 4.78 is 0. The van der Waals surface area contributed by atoms with Gasteiger partial charge in [-0.3, -0.25) is 9.59 Å². The van der Waals surface area contributed by atoms with Crippen molar-refractivity contribution in [2.75, 3.05) is 11.1 Å². The van der Waals surface area contributed by atoms with Gasteiger partial charge in [0.2, 0.25) is 11.8 Å². The highest BCUT2D eigenvalue weighted by molar-refractivity contribution is 8.00. The molecule has 0 bridgehead atoms. The van der Waals surface area contributed by atoms with Gasteiger partial charge in [-0.25, -0.2) is 0 Å². The molecule has 1 N–H and O–H groups in total. The lowest BCUT2D eigenvalue weighted by Crippen LogP contribution is -2.48. The molecule has 0 aliphatic carbocycles. The zero-order valence-corrected chi connectivity index (χ0v) is 16.3. The summed E-state index contributed by atoms with van der Waals surface area (Å²) >= 11 is 1.72. The Kier molecular flexibility index (Phi) is 4.96. The number of rotatable bonds is 5. The second kappa shape index (κ2) is 7.39. The van der Waals surface area contributed by atoms with Gasteiger partial charge in [0, 0.05) is 17.9 Å². The summed E-state index contributed by atoms with van der Waals surface area (Å²) in [5, 5.41) is 3.01. The molecule has 2 fully saturated rings. The molecule has 0 radical (unpaired) electrons. The number of thioether (sulfide) groups is 1. The molecule has 2 saturated heterocycles. The first-order valence-electron chi connectivity index (χ1n) is 9.55. The number of anilines is 1. The average Bonchev–Trinajstić information content (AvgIpc) is 3.24. The van der Waals surface area contributed by atoms with Gasteiger partial charge in [0.05, 0.1) is 0 Å². The van der Waals surface area contributed by atoms with Crippen LogP contribution in [-0.2, 0) is 20.9 Å². The topological polar surface area (TPSA) is 49.4 Å². The molecule has 2 aliphatic heterocycles. The SMILES string of the molecule is CCCc1ccc(NC(=O)[C@H]2CS[C@]3(c4ccccc4)CCC(=O)N23)cc1. The Bertz CT molecular complexity index is 837. The van der Waals surface area contributed by atoms with Crippen LogP contribution in [0.15, 0.2) is 54.6 Å². The number of hydrogen-bond donors (Lipinski definition) is 1. The summed E-state index contributed by atoms with van der Waals surface area (Å²) in [4.78, 5) is 27.0. The van der Waals surface area contributed by atoms with Crippen LogP contribution in [0.3, 0.4) is 0 Å². The molecular weight excluding hydrogens is 356 g/mol. The summed E-state index contributed by atoms with van der Waals surface area (Å²) in [5.74, 6) is 0.599. The van der Waals surface area contributed by atoms with E-state index in [0.29, 0.717) is 12.2 Å². The highest BCUT2D eigenvalue weighted by atomic mass is 32.2. The maximum Gasteiger partial charge on any atom is 0.248 e. The minimum Gasteiger partial charge on any atom is -0.324 e. The fraction of sp³-hybridized carbons (Fsp3) is 0.364. The van der Waals surface area contributed by atoms with Crippen molar-refractivity contribution in [3.8, 4) is 0 Å². The molecule has 0 aromatic heterocycles. The molecule has 2 heterocycles. The number of carbonyl (C=O) groups excluding carboxylic acids is 2. The number of hydrogen-bond acceptors (Lipinski definition) is 3. The maximum atomic E-state index is 13.0. The molecule has 2 amide bonds. The first-order chi connectivity index (χ1) is 13.1. The number of nitrogens with zero attached hydrogens (tertiary/aromatic N) is 1. The zero-order chi connectivity index (χ0) is 18.9. The molecule has 0 spiro atoms. The van der Waals surface area contributed by atoms with Crippen LogP contribution in [0.1, 0.15) is 37.3 Å². The van der Waals surface area contributed by atoms with Crippen molar-refractivity contribution in [2.45, 2.75) is 43.5 Å². The summed E-state index contributed by atoms with van der Waals surface area (Å²) in [6, 6.07) is 17.7. The van der Waals surface area contributed by atoms with Gasteiger partial charge in [0.25, 0.3) is 0 Å². The standard InChI is InChI=1S/C22H24N2O2S/c1-2-6-16-9-11-18(12-10-16)23-21(26)19-15-27-22(14-13-20(25)24(19)22)17-7-4-3-5-8-17/h3-5,7-12,19H,2,6,13-15H2,1H3,(H,23,26)/t19-,22+/m1/s1. The van der Waals surface area contributed by atoms with Crippen LogP contribution < -0.4 is 5.32 Å². The summed E-state index contributed by atoms with van der Waals surface area (Å²) in [5.41, 5.74) is 3.17. The minimum absolute atomic E-state index is 0.0716. The van der Waals surface area contributed by atoms with Crippen molar-refractivity contribution in [2.24, 2.45) is 0 Å². The Labute approximate surface area is 164 Å². The zero-order valence-electron chi connectivity index (χ0n) is 15.5. The van der Waals surface area contributed by atoms with Gasteiger partial charge in [-0.1, -0.05) is 55.8 Å². The average molecular weight is 381 g/mol. The Balaban J connectivity index is 1.54. The minimum atomic E-state index is -0.430. The van der Waals surface area contributed by atoms with E-state index in [1.54, 1.807) is 11.8 Å². The van der Waals surface area contributed by atoms with Crippen LogP contribution in [-0.4, -0.2) is 28.5 Å². The van der Waals surface area contributed by atoms with Crippen LogP contribution in [0.5, 0.6) is 0 Å². The summed E-state index contributed by atoms with van der Waals surface area (Å²) in [6.07, 6.45) is 3.40. The normalized spacial score (nSPS) is 24.1. The smallest absolute Gasteiger partial charge is 0.248 e. The molecule has 4 nitrogen and oxygen atoms in total. The van der Waals surface area contributed by atoms with E-state index in [1.165, 1.54) is 5.56 Å². The quantitative estimate of drug-likeness (QED) is 0.847. The molecular formula is C22H24N2O2S. The molecule has 5 heteroatoms. The number of aryl methyl sites for hydroxylation is 1. The first kappa shape index (κ1) is 18.1. The van der Waals surface area contributed by atoms with Crippen molar-refractivity contribution >= 4 is 29.3 Å². The molecule has 0 saturated carbocycles. The van der Waals surface area contributed by atoms with Crippen LogP contribution in [0, 0.1) is 0 Å². The number of fused-ring (bicyclic) bond motifs is 1. The van der Waals surface area contributed by atoms with Gasteiger partial charge in [-0.05, 0) is 36.1 Å². The molecule has 4 rings (SSSR count). The predicted octanol–water partition coefficient (Wildman–Crippen LogP) is 4.17. The van der Waals surface area contributed by atoms with E-state index in [4.69, 9.17) is 0 Å². The molecule has 27 heavy (non-hydrogen) atoms. The summed E-state index contributed by atoms with van der Waals surface area (Å²) in [7, 11) is 0. The Morgan fingerprint density at radius 2 is 1.93 bits per heavy atom. The molecule has 2 aromatic rings.